The number of piperazine rings is 1. The molecular formula is C17H27N3O4S. The molecule has 2 saturated heterocycles. The Morgan fingerprint density at radius 2 is 2.04 bits per heavy atom. The molecule has 140 valence electrons. The standard InChI is InChI=1S/C17H27N3O4S/c1-4-13-8-14(24-18-13)9-19-5-6-20(17(21)7-12(2)3)16-11-25(22,23)10-15(16)19/h8,12,15-16H,4-7,9-11H2,1-3H3/t15-,16+/m1/s1. The highest BCUT2D eigenvalue weighted by Crippen LogP contribution is 2.29. The van der Waals surface area contributed by atoms with Crippen molar-refractivity contribution in [2.45, 2.75) is 52.2 Å². The maximum atomic E-state index is 12.6. The summed E-state index contributed by atoms with van der Waals surface area (Å²) in [5.41, 5.74) is 0.899. The smallest absolute Gasteiger partial charge is 0.223 e. The van der Waals surface area contributed by atoms with Crippen LogP contribution >= 0.6 is 0 Å². The van der Waals surface area contributed by atoms with Gasteiger partial charge in [0.15, 0.2) is 15.6 Å². The molecule has 2 aliphatic heterocycles. The highest BCUT2D eigenvalue weighted by atomic mass is 32.2. The Balaban J connectivity index is 1.77. The van der Waals surface area contributed by atoms with Gasteiger partial charge in [-0.25, -0.2) is 8.42 Å². The largest absolute Gasteiger partial charge is 0.360 e. The second kappa shape index (κ2) is 7.07. The van der Waals surface area contributed by atoms with Gasteiger partial charge in [-0.3, -0.25) is 9.69 Å². The second-order valence-corrected chi connectivity index (χ2v) is 9.66. The molecule has 0 saturated carbocycles. The van der Waals surface area contributed by atoms with E-state index in [0.29, 0.717) is 26.1 Å². The van der Waals surface area contributed by atoms with Gasteiger partial charge in [0.2, 0.25) is 5.91 Å². The highest BCUT2D eigenvalue weighted by Gasteiger charge is 2.48. The van der Waals surface area contributed by atoms with Crippen LogP contribution in [0.4, 0.5) is 0 Å². The van der Waals surface area contributed by atoms with Gasteiger partial charge in [0.25, 0.3) is 0 Å². The lowest BCUT2D eigenvalue weighted by molar-refractivity contribution is -0.138. The van der Waals surface area contributed by atoms with E-state index in [1.165, 1.54) is 0 Å². The van der Waals surface area contributed by atoms with Crippen LogP contribution in [0.5, 0.6) is 0 Å². The summed E-state index contributed by atoms with van der Waals surface area (Å²) in [6.45, 7) is 7.79. The molecule has 1 amide bonds. The summed E-state index contributed by atoms with van der Waals surface area (Å²) in [5, 5.41) is 4.01. The van der Waals surface area contributed by atoms with Crippen molar-refractivity contribution in [1.82, 2.24) is 15.0 Å². The number of aryl methyl sites for hydroxylation is 1. The number of amides is 1. The van der Waals surface area contributed by atoms with Crippen LogP contribution in [0.3, 0.4) is 0 Å². The van der Waals surface area contributed by atoms with Crippen LogP contribution in [0.25, 0.3) is 0 Å². The van der Waals surface area contributed by atoms with Crippen molar-refractivity contribution in [2.24, 2.45) is 5.92 Å². The molecule has 3 rings (SSSR count). The van der Waals surface area contributed by atoms with Crippen molar-refractivity contribution in [2.75, 3.05) is 24.6 Å². The third kappa shape index (κ3) is 4.06. The topological polar surface area (TPSA) is 83.7 Å². The predicted octanol–water partition coefficient (Wildman–Crippen LogP) is 1.09. The van der Waals surface area contributed by atoms with Crippen molar-refractivity contribution < 1.29 is 17.7 Å². The molecule has 2 aliphatic rings. The van der Waals surface area contributed by atoms with Crippen molar-refractivity contribution in [3.05, 3.63) is 17.5 Å². The second-order valence-electron chi connectivity index (χ2n) is 7.51. The van der Waals surface area contributed by atoms with Crippen LogP contribution in [-0.2, 0) is 27.6 Å². The Hall–Kier alpha value is -1.41. The van der Waals surface area contributed by atoms with Crippen molar-refractivity contribution in [3.8, 4) is 0 Å². The summed E-state index contributed by atoms with van der Waals surface area (Å²) < 4.78 is 29.8. The van der Waals surface area contributed by atoms with Gasteiger partial charge in [0.1, 0.15) is 0 Å². The number of carbonyl (C=O) groups is 1. The fourth-order valence-electron chi connectivity index (χ4n) is 3.79. The van der Waals surface area contributed by atoms with Crippen molar-refractivity contribution in [3.63, 3.8) is 0 Å². The summed E-state index contributed by atoms with van der Waals surface area (Å²) in [4.78, 5) is 16.5. The Kier molecular flexibility index (Phi) is 5.20. The van der Waals surface area contributed by atoms with Gasteiger partial charge >= 0.3 is 0 Å². The number of aromatic nitrogens is 1. The van der Waals surface area contributed by atoms with Gasteiger partial charge in [-0.15, -0.1) is 0 Å². The Bertz CT molecular complexity index is 728. The first-order valence-corrected chi connectivity index (χ1v) is 10.8. The predicted molar refractivity (Wildman–Crippen MR) is 93.7 cm³/mol. The van der Waals surface area contributed by atoms with Gasteiger partial charge < -0.3 is 9.42 Å². The lowest BCUT2D eigenvalue weighted by atomic mass is 10.0. The molecule has 0 N–H and O–H groups in total. The fraction of sp³-hybridized carbons (Fsp3) is 0.765. The summed E-state index contributed by atoms with van der Waals surface area (Å²) >= 11 is 0. The molecule has 8 heteroatoms. The minimum atomic E-state index is -3.13. The number of nitrogens with zero attached hydrogens (tertiary/aromatic N) is 3. The van der Waals surface area contributed by atoms with Crippen LogP contribution < -0.4 is 0 Å². The van der Waals surface area contributed by atoms with E-state index < -0.39 is 9.84 Å². The molecule has 1 aromatic rings. The summed E-state index contributed by atoms with van der Waals surface area (Å²) in [5.74, 6) is 1.26. The molecule has 0 spiro atoms. The lowest BCUT2D eigenvalue weighted by Gasteiger charge is -2.43. The van der Waals surface area contributed by atoms with Crippen LogP contribution in [0.1, 0.15) is 38.6 Å². The third-order valence-electron chi connectivity index (χ3n) is 5.02. The maximum absolute atomic E-state index is 12.6. The zero-order valence-electron chi connectivity index (χ0n) is 15.1. The zero-order chi connectivity index (χ0) is 18.2. The van der Waals surface area contributed by atoms with E-state index in [4.69, 9.17) is 4.52 Å². The first kappa shape index (κ1) is 18.4. The summed E-state index contributed by atoms with van der Waals surface area (Å²) in [7, 11) is -3.13. The minimum absolute atomic E-state index is 0.0641. The number of sulfone groups is 1. The van der Waals surface area contributed by atoms with Crippen LogP contribution in [0, 0.1) is 5.92 Å². The van der Waals surface area contributed by atoms with Crippen molar-refractivity contribution in [1.29, 1.82) is 0 Å². The molecule has 7 nitrogen and oxygen atoms in total. The van der Waals surface area contributed by atoms with E-state index >= 15 is 0 Å². The molecule has 25 heavy (non-hydrogen) atoms. The first-order valence-electron chi connectivity index (χ1n) is 8.97. The SMILES string of the molecule is CCc1cc(CN2CCN(C(=O)CC(C)C)[C@H]3CS(=O)(=O)C[C@H]32)on1. The number of carbonyl (C=O) groups excluding carboxylic acids is 1. The van der Waals surface area contributed by atoms with Gasteiger partial charge in [-0.1, -0.05) is 25.9 Å². The first-order chi connectivity index (χ1) is 11.8. The van der Waals surface area contributed by atoms with E-state index in [1.54, 1.807) is 4.90 Å². The number of fused-ring (bicyclic) bond motifs is 1. The minimum Gasteiger partial charge on any atom is -0.360 e. The maximum Gasteiger partial charge on any atom is 0.223 e. The van der Waals surface area contributed by atoms with Crippen LogP contribution in [-0.4, -0.2) is 66.0 Å². The molecule has 2 atom stereocenters. The lowest BCUT2D eigenvalue weighted by Crippen LogP contribution is -2.60. The fourth-order valence-corrected chi connectivity index (χ4v) is 5.81. The van der Waals surface area contributed by atoms with E-state index in [2.05, 4.69) is 10.1 Å². The molecule has 3 heterocycles. The number of hydrogen-bond acceptors (Lipinski definition) is 6. The molecule has 0 unspecified atom stereocenters. The van der Waals surface area contributed by atoms with E-state index in [1.807, 2.05) is 26.8 Å². The summed E-state index contributed by atoms with van der Waals surface area (Å²) in [6, 6.07) is 1.51. The van der Waals surface area contributed by atoms with Gasteiger partial charge in [0, 0.05) is 31.6 Å². The zero-order valence-corrected chi connectivity index (χ0v) is 16.0. The number of hydrogen-bond donors (Lipinski definition) is 0. The highest BCUT2D eigenvalue weighted by molar-refractivity contribution is 7.91. The van der Waals surface area contributed by atoms with E-state index in [0.717, 1.165) is 17.9 Å². The molecule has 0 aliphatic carbocycles. The monoisotopic (exact) mass is 369 g/mol. The van der Waals surface area contributed by atoms with Crippen molar-refractivity contribution >= 4 is 15.7 Å². The van der Waals surface area contributed by atoms with E-state index in [-0.39, 0.29) is 35.4 Å². The Morgan fingerprint density at radius 3 is 2.68 bits per heavy atom. The molecule has 0 radical (unpaired) electrons. The molecule has 0 bridgehead atoms. The van der Waals surface area contributed by atoms with Gasteiger partial charge in [0.05, 0.1) is 29.8 Å². The van der Waals surface area contributed by atoms with E-state index in [9.17, 15) is 13.2 Å². The van der Waals surface area contributed by atoms with Crippen LogP contribution in [0.15, 0.2) is 10.6 Å². The average Bonchev–Trinajstić information content (AvgIpc) is 3.09. The third-order valence-corrected chi connectivity index (χ3v) is 6.72. The summed E-state index contributed by atoms with van der Waals surface area (Å²) in [6.07, 6.45) is 1.27. The number of rotatable bonds is 5. The van der Waals surface area contributed by atoms with Gasteiger partial charge in [-0.2, -0.15) is 0 Å². The molecule has 1 aromatic heterocycles. The average molecular weight is 369 g/mol. The Labute approximate surface area is 149 Å². The Morgan fingerprint density at radius 1 is 1.32 bits per heavy atom. The molecule has 2 fully saturated rings. The molecular weight excluding hydrogens is 342 g/mol. The quantitative estimate of drug-likeness (QED) is 0.773. The van der Waals surface area contributed by atoms with Gasteiger partial charge in [-0.05, 0) is 12.3 Å². The van der Waals surface area contributed by atoms with Crippen LogP contribution in [0.2, 0.25) is 0 Å². The molecule has 0 aromatic carbocycles. The normalized spacial score (nSPS) is 26.2.